The first-order chi connectivity index (χ1) is 9.31. The van der Waals surface area contributed by atoms with Crippen LogP contribution < -0.4 is 5.73 Å². The molecular formula is C14H19N3O3. The monoisotopic (exact) mass is 277 g/mol. The van der Waals surface area contributed by atoms with E-state index in [9.17, 15) is 14.9 Å². The Kier molecular flexibility index (Phi) is 3.76. The van der Waals surface area contributed by atoms with E-state index < -0.39 is 4.92 Å². The summed E-state index contributed by atoms with van der Waals surface area (Å²) < 4.78 is 0. The summed E-state index contributed by atoms with van der Waals surface area (Å²) in [6.07, 6.45) is 0.744. The number of hydrogen-bond acceptors (Lipinski definition) is 4. The molecule has 108 valence electrons. The number of likely N-dealkylation sites (tertiary alicyclic amines) is 1. The van der Waals surface area contributed by atoms with Crippen molar-refractivity contribution in [3.05, 3.63) is 39.9 Å². The molecule has 0 aromatic heterocycles. The fraction of sp³-hybridized carbons (Fsp3) is 0.500. The molecule has 1 saturated heterocycles. The lowest BCUT2D eigenvalue weighted by atomic mass is 9.79. The summed E-state index contributed by atoms with van der Waals surface area (Å²) in [6.45, 7) is 5.22. The van der Waals surface area contributed by atoms with E-state index in [1.165, 1.54) is 18.2 Å². The van der Waals surface area contributed by atoms with Gasteiger partial charge in [0.2, 0.25) is 0 Å². The first kappa shape index (κ1) is 14.5. The van der Waals surface area contributed by atoms with Crippen LogP contribution in [0.4, 0.5) is 5.69 Å². The third kappa shape index (κ3) is 2.80. The highest BCUT2D eigenvalue weighted by Crippen LogP contribution is 2.28. The summed E-state index contributed by atoms with van der Waals surface area (Å²) in [7, 11) is 0. The van der Waals surface area contributed by atoms with Crippen molar-refractivity contribution >= 4 is 11.6 Å². The highest BCUT2D eigenvalue weighted by Gasteiger charge is 2.35. The zero-order valence-corrected chi connectivity index (χ0v) is 11.7. The van der Waals surface area contributed by atoms with Crippen LogP contribution in [0.3, 0.4) is 0 Å². The topological polar surface area (TPSA) is 89.5 Å². The van der Waals surface area contributed by atoms with Gasteiger partial charge in [-0.1, -0.05) is 19.9 Å². The summed E-state index contributed by atoms with van der Waals surface area (Å²) >= 11 is 0. The largest absolute Gasteiger partial charge is 0.338 e. The van der Waals surface area contributed by atoms with E-state index >= 15 is 0 Å². The SMILES string of the molecule is CC1(C)CN(C(=O)c2cccc([N+](=O)[O-])c2)CCC1N. The van der Waals surface area contributed by atoms with Gasteiger partial charge in [-0.2, -0.15) is 0 Å². The molecule has 1 aliphatic heterocycles. The van der Waals surface area contributed by atoms with Crippen molar-refractivity contribution in [1.82, 2.24) is 4.90 Å². The highest BCUT2D eigenvalue weighted by atomic mass is 16.6. The van der Waals surface area contributed by atoms with Crippen molar-refractivity contribution < 1.29 is 9.72 Å². The van der Waals surface area contributed by atoms with Gasteiger partial charge in [0, 0.05) is 36.8 Å². The lowest BCUT2D eigenvalue weighted by Gasteiger charge is -2.42. The number of nitrogens with zero attached hydrogens (tertiary/aromatic N) is 2. The second kappa shape index (κ2) is 5.20. The van der Waals surface area contributed by atoms with E-state index in [-0.39, 0.29) is 23.1 Å². The number of non-ortho nitro benzene ring substituents is 1. The van der Waals surface area contributed by atoms with Gasteiger partial charge in [-0.3, -0.25) is 14.9 Å². The fourth-order valence-corrected chi connectivity index (χ4v) is 2.48. The van der Waals surface area contributed by atoms with Gasteiger partial charge in [0.25, 0.3) is 11.6 Å². The number of hydrogen-bond donors (Lipinski definition) is 1. The van der Waals surface area contributed by atoms with Gasteiger partial charge in [0.05, 0.1) is 4.92 Å². The Bertz CT molecular complexity index is 542. The minimum absolute atomic E-state index is 0.0659. The van der Waals surface area contributed by atoms with Gasteiger partial charge in [-0.05, 0) is 17.9 Å². The molecule has 20 heavy (non-hydrogen) atoms. The lowest BCUT2D eigenvalue weighted by Crippen LogP contribution is -2.54. The standard InChI is InChI=1S/C14H19N3O3/c1-14(2)9-16(7-6-12(14)15)13(18)10-4-3-5-11(8-10)17(19)20/h3-5,8,12H,6-7,9,15H2,1-2H3. The molecule has 1 amide bonds. The van der Waals surface area contributed by atoms with Crippen LogP contribution in [0.15, 0.2) is 24.3 Å². The number of carbonyl (C=O) groups is 1. The number of benzene rings is 1. The molecule has 6 nitrogen and oxygen atoms in total. The van der Waals surface area contributed by atoms with Crippen LogP contribution in [0.2, 0.25) is 0 Å². The summed E-state index contributed by atoms with van der Waals surface area (Å²) in [5.41, 5.74) is 6.19. The molecular weight excluding hydrogens is 258 g/mol. The third-order valence-corrected chi connectivity index (χ3v) is 3.90. The van der Waals surface area contributed by atoms with Crippen molar-refractivity contribution in [2.75, 3.05) is 13.1 Å². The van der Waals surface area contributed by atoms with Crippen molar-refractivity contribution in [3.8, 4) is 0 Å². The first-order valence-electron chi connectivity index (χ1n) is 6.60. The van der Waals surface area contributed by atoms with E-state index in [2.05, 4.69) is 0 Å². The van der Waals surface area contributed by atoms with E-state index in [0.29, 0.717) is 18.7 Å². The minimum Gasteiger partial charge on any atom is -0.338 e. The quantitative estimate of drug-likeness (QED) is 0.659. The average Bonchev–Trinajstić information content (AvgIpc) is 2.41. The van der Waals surface area contributed by atoms with Gasteiger partial charge >= 0.3 is 0 Å². The Morgan fingerprint density at radius 3 is 2.80 bits per heavy atom. The zero-order valence-electron chi connectivity index (χ0n) is 11.7. The molecule has 0 saturated carbocycles. The summed E-state index contributed by atoms with van der Waals surface area (Å²) in [6, 6.07) is 5.91. The molecule has 2 N–H and O–H groups in total. The van der Waals surface area contributed by atoms with Gasteiger partial charge in [-0.15, -0.1) is 0 Å². The predicted octanol–water partition coefficient (Wildman–Crippen LogP) is 1.79. The first-order valence-corrected chi connectivity index (χ1v) is 6.60. The van der Waals surface area contributed by atoms with Crippen LogP contribution in [0.25, 0.3) is 0 Å². The maximum Gasteiger partial charge on any atom is 0.270 e. The Hall–Kier alpha value is -1.95. The Morgan fingerprint density at radius 1 is 1.50 bits per heavy atom. The highest BCUT2D eigenvalue weighted by molar-refractivity contribution is 5.95. The van der Waals surface area contributed by atoms with E-state index in [0.717, 1.165) is 6.42 Å². The number of carbonyl (C=O) groups excluding carboxylic acids is 1. The lowest BCUT2D eigenvalue weighted by molar-refractivity contribution is -0.384. The minimum atomic E-state index is -0.493. The van der Waals surface area contributed by atoms with E-state index in [4.69, 9.17) is 5.73 Å². The maximum atomic E-state index is 12.4. The average molecular weight is 277 g/mol. The molecule has 1 heterocycles. The molecule has 0 spiro atoms. The molecule has 2 rings (SSSR count). The van der Waals surface area contributed by atoms with Crippen molar-refractivity contribution in [1.29, 1.82) is 0 Å². The third-order valence-electron chi connectivity index (χ3n) is 3.90. The molecule has 0 bridgehead atoms. The number of nitro benzene ring substituents is 1. The van der Waals surface area contributed by atoms with Crippen LogP contribution >= 0.6 is 0 Å². The van der Waals surface area contributed by atoms with Crippen LogP contribution in [0, 0.1) is 15.5 Å². The van der Waals surface area contributed by atoms with Gasteiger partial charge in [-0.25, -0.2) is 0 Å². The molecule has 0 radical (unpaired) electrons. The predicted molar refractivity (Wildman–Crippen MR) is 75.4 cm³/mol. The van der Waals surface area contributed by atoms with Crippen LogP contribution in [-0.2, 0) is 0 Å². The van der Waals surface area contributed by atoms with Crippen LogP contribution in [0.1, 0.15) is 30.6 Å². The fourth-order valence-electron chi connectivity index (χ4n) is 2.48. The number of rotatable bonds is 2. The molecule has 1 aromatic rings. The zero-order chi connectivity index (χ0) is 14.9. The van der Waals surface area contributed by atoms with E-state index in [1.807, 2.05) is 13.8 Å². The second-order valence-electron chi connectivity index (χ2n) is 5.92. The van der Waals surface area contributed by atoms with Gasteiger partial charge < -0.3 is 10.6 Å². The number of nitro groups is 1. The molecule has 0 aliphatic carbocycles. The van der Waals surface area contributed by atoms with Crippen molar-refractivity contribution in [3.63, 3.8) is 0 Å². The number of nitrogens with two attached hydrogens (primary N) is 1. The van der Waals surface area contributed by atoms with E-state index in [1.54, 1.807) is 11.0 Å². The van der Waals surface area contributed by atoms with Crippen molar-refractivity contribution in [2.24, 2.45) is 11.1 Å². The normalized spacial score (nSPS) is 21.6. The summed E-state index contributed by atoms with van der Waals surface area (Å²) in [5.74, 6) is -0.173. The molecule has 1 fully saturated rings. The molecule has 6 heteroatoms. The smallest absolute Gasteiger partial charge is 0.270 e. The van der Waals surface area contributed by atoms with Crippen LogP contribution in [0.5, 0.6) is 0 Å². The summed E-state index contributed by atoms with van der Waals surface area (Å²) in [5, 5.41) is 10.8. The Morgan fingerprint density at radius 2 is 2.20 bits per heavy atom. The molecule has 1 atom stereocenters. The number of amides is 1. The van der Waals surface area contributed by atoms with Gasteiger partial charge in [0.15, 0.2) is 0 Å². The molecule has 1 aliphatic rings. The maximum absolute atomic E-state index is 12.4. The number of piperidine rings is 1. The summed E-state index contributed by atoms with van der Waals surface area (Å²) in [4.78, 5) is 24.4. The molecule has 1 aromatic carbocycles. The second-order valence-corrected chi connectivity index (χ2v) is 5.92. The van der Waals surface area contributed by atoms with Crippen LogP contribution in [-0.4, -0.2) is 34.9 Å². The molecule has 1 unspecified atom stereocenters. The van der Waals surface area contributed by atoms with Gasteiger partial charge in [0.1, 0.15) is 0 Å². The Balaban J connectivity index is 2.20. The van der Waals surface area contributed by atoms with Crippen molar-refractivity contribution in [2.45, 2.75) is 26.3 Å². The Labute approximate surface area is 117 Å².